The second kappa shape index (κ2) is 4.67. The summed E-state index contributed by atoms with van der Waals surface area (Å²) in [6.45, 7) is 4.64. The van der Waals surface area contributed by atoms with Gasteiger partial charge in [0, 0.05) is 17.8 Å². The fraction of sp³-hybridized carbons (Fsp3) is 0.308. The summed E-state index contributed by atoms with van der Waals surface area (Å²) < 4.78 is 15.4. The number of benzene rings is 1. The van der Waals surface area contributed by atoms with Crippen LogP contribution in [0.5, 0.6) is 0 Å². The number of nitrogens with one attached hydrogen (secondary N) is 1. The topological polar surface area (TPSA) is 29.9 Å². The highest BCUT2D eigenvalue weighted by Gasteiger charge is 2.13. The van der Waals surface area contributed by atoms with Crippen molar-refractivity contribution in [1.82, 2.24) is 15.1 Å². The smallest absolute Gasteiger partial charge is 0.148 e. The minimum atomic E-state index is -0.255. The lowest BCUT2D eigenvalue weighted by atomic mass is 10.2. The van der Waals surface area contributed by atoms with Crippen LogP contribution >= 0.6 is 0 Å². The van der Waals surface area contributed by atoms with Gasteiger partial charge in [0.05, 0.1) is 5.69 Å². The Bertz CT molecular complexity index is 531. The summed E-state index contributed by atoms with van der Waals surface area (Å²) in [7, 11) is 1.89. The fourth-order valence-electron chi connectivity index (χ4n) is 1.97. The molecule has 0 radical (unpaired) electrons. The summed E-state index contributed by atoms with van der Waals surface area (Å²) in [5.74, 6) is -0.255. The molecule has 4 heteroatoms. The Morgan fingerprint density at radius 1 is 1.29 bits per heavy atom. The maximum Gasteiger partial charge on any atom is 0.148 e. The number of halogens is 1. The van der Waals surface area contributed by atoms with Crippen LogP contribution in [0.15, 0.2) is 24.3 Å². The fourth-order valence-corrected chi connectivity index (χ4v) is 1.97. The van der Waals surface area contributed by atoms with Gasteiger partial charge in [0.15, 0.2) is 0 Å². The molecular weight excluding hydrogens is 217 g/mol. The van der Waals surface area contributed by atoms with E-state index in [2.05, 4.69) is 10.4 Å². The van der Waals surface area contributed by atoms with Crippen molar-refractivity contribution >= 4 is 0 Å². The molecule has 1 heterocycles. The zero-order valence-electron chi connectivity index (χ0n) is 10.3. The second-order valence-corrected chi connectivity index (χ2v) is 4.04. The van der Waals surface area contributed by atoms with E-state index in [0.29, 0.717) is 5.69 Å². The molecule has 0 amide bonds. The zero-order chi connectivity index (χ0) is 12.4. The number of para-hydroxylation sites is 1. The molecule has 1 aromatic carbocycles. The number of nitrogens with zero attached hydrogens (tertiary/aromatic N) is 2. The molecule has 0 fully saturated rings. The lowest BCUT2D eigenvalue weighted by Crippen LogP contribution is -2.07. The van der Waals surface area contributed by atoms with E-state index in [1.54, 1.807) is 16.8 Å². The van der Waals surface area contributed by atoms with Crippen molar-refractivity contribution in [2.75, 3.05) is 7.05 Å². The first-order chi connectivity index (χ1) is 8.15. The molecule has 0 aliphatic heterocycles. The van der Waals surface area contributed by atoms with Gasteiger partial charge >= 0.3 is 0 Å². The summed E-state index contributed by atoms with van der Waals surface area (Å²) in [6.07, 6.45) is 0. The first-order valence-electron chi connectivity index (χ1n) is 5.59. The van der Waals surface area contributed by atoms with Crippen LogP contribution in [-0.4, -0.2) is 16.8 Å². The molecule has 0 saturated heterocycles. The molecule has 2 rings (SSSR count). The molecule has 17 heavy (non-hydrogen) atoms. The Hall–Kier alpha value is -1.68. The Balaban J connectivity index is 2.54. The third-order valence-electron chi connectivity index (χ3n) is 2.88. The third-order valence-corrected chi connectivity index (χ3v) is 2.88. The number of aryl methyl sites for hydroxylation is 1. The SMILES string of the molecule is CNCc1c(C)nn(-c2ccccc2F)c1C. The first-order valence-corrected chi connectivity index (χ1v) is 5.59. The third kappa shape index (κ3) is 2.08. The van der Waals surface area contributed by atoms with Crippen molar-refractivity contribution < 1.29 is 4.39 Å². The van der Waals surface area contributed by atoms with Crippen LogP contribution in [0.1, 0.15) is 17.0 Å². The van der Waals surface area contributed by atoms with E-state index in [1.807, 2.05) is 27.0 Å². The van der Waals surface area contributed by atoms with E-state index in [-0.39, 0.29) is 5.82 Å². The molecule has 0 spiro atoms. The summed E-state index contributed by atoms with van der Waals surface area (Å²) in [4.78, 5) is 0. The zero-order valence-corrected chi connectivity index (χ0v) is 10.3. The van der Waals surface area contributed by atoms with E-state index in [0.717, 1.165) is 23.5 Å². The van der Waals surface area contributed by atoms with Gasteiger partial charge in [-0.2, -0.15) is 5.10 Å². The van der Waals surface area contributed by atoms with Crippen LogP contribution in [0, 0.1) is 19.7 Å². The van der Waals surface area contributed by atoms with Crippen LogP contribution in [0.3, 0.4) is 0 Å². The molecule has 90 valence electrons. The van der Waals surface area contributed by atoms with Gasteiger partial charge in [0.25, 0.3) is 0 Å². The van der Waals surface area contributed by atoms with Crippen LogP contribution in [-0.2, 0) is 6.54 Å². The van der Waals surface area contributed by atoms with Crippen molar-refractivity contribution in [3.8, 4) is 5.69 Å². The molecule has 0 atom stereocenters. The summed E-state index contributed by atoms with van der Waals surface area (Å²) in [5, 5.41) is 7.49. The van der Waals surface area contributed by atoms with E-state index in [9.17, 15) is 4.39 Å². The average Bonchev–Trinajstić information content (AvgIpc) is 2.58. The first kappa shape index (κ1) is 11.8. The molecule has 0 saturated carbocycles. The second-order valence-electron chi connectivity index (χ2n) is 4.04. The van der Waals surface area contributed by atoms with Crippen LogP contribution in [0.4, 0.5) is 4.39 Å². The Morgan fingerprint density at radius 3 is 2.65 bits per heavy atom. The van der Waals surface area contributed by atoms with Gasteiger partial charge < -0.3 is 5.32 Å². The minimum absolute atomic E-state index is 0.255. The predicted octanol–water partition coefficient (Wildman–Crippen LogP) is 2.35. The lowest BCUT2D eigenvalue weighted by molar-refractivity contribution is 0.608. The van der Waals surface area contributed by atoms with E-state index < -0.39 is 0 Å². The predicted molar refractivity (Wildman–Crippen MR) is 65.8 cm³/mol. The normalized spacial score (nSPS) is 10.8. The lowest BCUT2D eigenvalue weighted by Gasteiger charge is -2.06. The maximum absolute atomic E-state index is 13.7. The van der Waals surface area contributed by atoms with Crippen molar-refractivity contribution in [1.29, 1.82) is 0 Å². The van der Waals surface area contributed by atoms with Crippen LogP contribution in [0.25, 0.3) is 5.69 Å². The van der Waals surface area contributed by atoms with Crippen LogP contribution in [0.2, 0.25) is 0 Å². The summed E-state index contributed by atoms with van der Waals surface area (Å²) in [6, 6.07) is 6.67. The minimum Gasteiger partial charge on any atom is -0.316 e. The molecular formula is C13H16FN3. The summed E-state index contributed by atoms with van der Waals surface area (Å²) >= 11 is 0. The van der Waals surface area contributed by atoms with Gasteiger partial charge in [0.1, 0.15) is 11.5 Å². The molecule has 2 aromatic rings. The van der Waals surface area contributed by atoms with Gasteiger partial charge in [-0.25, -0.2) is 9.07 Å². The highest BCUT2D eigenvalue weighted by molar-refractivity contribution is 5.38. The van der Waals surface area contributed by atoms with Crippen molar-refractivity contribution in [2.24, 2.45) is 0 Å². The van der Waals surface area contributed by atoms with Crippen molar-refractivity contribution in [3.05, 3.63) is 47.0 Å². The number of rotatable bonds is 3. The molecule has 0 bridgehead atoms. The maximum atomic E-state index is 13.7. The van der Waals surface area contributed by atoms with Crippen molar-refractivity contribution in [2.45, 2.75) is 20.4 Å². The van der Waals surface area contributed by atoms with E-state index >= 15 is 0 Å². The van der Waals surface area contributed by atoms with Gasteiger partial charge in [-0.05, 0) is 33.0 Å². The Kier molecular flexibility index (Phi) is 3.24. The van der Waals surface area contributed by atoms with Gasteiger partial charge in [-0.15, -0.1) is 0 Å². The highest BCUT2D eigenvalue weighted by atomic mass is 19.1. The molecule has 0 unspecified atom stereocenters. The molecule has 0 aliphatic carbocycles. The molecule has 1 N–H and O–H groups in total. The van der Waals surface area contributed by atoms with Crippen LogP contribution < -0.4 is 5.32 Å². The van der Waals surface area contributed by atoms with Crippen molar-refractivity contribution in [3.63, 3.8) is 0 Å². The van der Waals surface area contributed by atoms with E-state index in [1.165, 1.54) is 6.07 Å². The quantitative estimate of drug-likeness (QED) is 0.882. The molecule has 0 aliphatic rings. The standard InChI is InChI=1S/C13H16FN3/c1-9-11(8-15-3)10(2)17(16-9)13-7-5-4-6-12(13)14/h4-7,15H,8H2,1-3H3. The highest BCUT2D eigenvalue weighted by Crippen LogP contribution is 2.19. The largest absolute Gasteiger partial charge is 0.316 e. The number of hydrogen-bond acceptors (Lipinski definition) is 2. The van der Waals surface area contributed by atoms with E-state index in [4.69, 9.17) is 0 Å². The monoisotopic (exact) mass is 233 g/mol. The molecule has 1 aromatic heterocycles. The number of aromatic nitrogens is 2. The summed E-state index contributed by atoms with van der Waals surface area (Å²) in [5.41, 5.74) is 3.52. The average molecular weight is 233 g/mol. The molecule has 3 nitrogen and oxygen atoms in total. The van der Waals surface area contributed by atoms with Gasteiger partial charge in [-0.3, -0.25) is 0 Å². The van der Waals surface area contributed by atoms with Gasteiger partial charge in [-0.1, -0.05) is 12.1 Å². The Labute approximate surface area is 100 Å². The number of hydrogen-bond donors (Lipinski definition) is 1. The Morgan fingerprint density at radius 2 is 2.00 bits per heavy atom. The van der Waals surface area contributed by atoms with Gasteiger partial charge in [0.2, 0.25) is 0 Å².